The minimum Gasteiger partial charge on any atom is -0.453 e. The Balaban J connectivity index is 0.00000385. The van der Waals surface area contributed by atoms with Crippen LogP contribution in [0.4, 0.5) is 0 Å². The third-order valence-corrected chi connectivity index (χ3v) is 5.25. The van der Waals surface area contributed by atoms with Crippen LogP contribution in [0.5, 0.6) is 23.0 Å². The fourth-order valence-electron chi connectivity index (χ4n) is 3.53. The topological polar surface area (TPSA) is 50.7 Å². The lowest BCUT2D eigenvalue weighted by molar-refractivity contribution is 0.110. The highest BCUT2D eigenvalue weighted by molar-refractivity contribution is 5.85. The second-order valence-electron chi connectivity index (χ2n) is 9.39. The number of hydrogen-bond donors (Lipinski definition) is 2. The molecule has 0 aliphatic heterocycles. The second kappa shape index (κ2) is 11.6. The molecule has 0 saturated heterocycles. The zero-order chi connectivity index (χ0) is 23.3. The summed E-state index contributed by atoms with van der Waals surface area (Å²) in [6, 6.07) is 21.4. The average Bonchev–Trinajstić information content (AvgIpc) is 2.75. The Bertz CT molecular complexity index is 1010. The molecule has 0 bridgehead atoms. The molecule has 0 radical (unpaired) electrons. The first kappa shape index (κ1) is 26.7. The van der Waals surface area contributed by atoms with Crippen LogP contribution in [-0.4, -0.2) is 16.7 Å². The molecule has 0 saturated carbocycles. The monoisotopic (exact) mass is 469 g/mol. The zero-order valence-corrected chi connectivity index (χ0v) is 21.2. The first-order chi connectivity index (χ1) is 15.1. The molecule has 3 aromatic carbocycles. The van der Waals surface area contributed by atoms with Gasteiger partial charge in [0.05, 0.1) is 6.10 Å². The fraction of sp³-hybridized carbons (Fsp3) is 0.357. The van der Waals surface area contributed by atoms with Crippen LogP contribution in [0.1, 0.15) is 56.9 Å². The molecule has 0 aromatic heterocycles. The number of rotatable bonds is 8. The fourth-order valence-corrected chi connectivity index (χ4v) is 3.53. The number of nitrogens with one attached hydrogen (secondary N) is 1. The molecule has 0 fully saturated rings. The van der Waals surface area contributed by atoms with Gasteiger partial charge < -0.3 is 19.9 Å². The molecule has 4 nitrogen and oxygen atoms in total. The first-order valence-corrected chi connectivity index (χ1v) is 11.2. The second-order valence-corrected chi connectivity index (χ2v) is 9.39. The van der Waals surface area contributed by atoms with Crippen molar-refractivity contribution in [2.75, 3.05) is 0 Å². The highest BCUT2D eigenvalue weighted by atomic mass is 35.5. The summed E-state index contributed by atoms with van der Waals surface area (Å²) >= 11 is 0. The predicted molar refractivity (Wildman–Crippen MR) is 138 cm³/mol. The summed E-state index contributed by atoms with van der Waals surface area (Å²) in [6.07, 6.45) is 0.127. The largest absolute Gasteiger partial charge is 0.453 e. The van der Waals surface area contributed by atoms with Gasteiger partial charge in [-0.15, -0.1) is 12.4 Å². The number of ether oxygens (including phenoxy) is 2. The maximum atomic E-state index is 11.1. The van der Waals surface area contributed by atoms with Crippen LogP contribution in [0.15, 0.2) is 66.7 Å². The van der Waals surface area contributed by atoms with Crippen molar-refractivity contribution >= 4 is 12.4 Å². The van der Waals surface area contributed by atoms with Gasteiger partial charge in [-0.1, -0.05) is 48.4 Å². The Morgan fingerprint density at radius 3 is 1.73 bits per heavy atom. The number of aliphatic hydroxyl groups is 1. The molecule has 2 unspecified atom stereocenters. The van der Waals surface area contributed by atoms with Crippen molar-refractivity contribution in [3.63, 3.8) is 0 Å². The van der Waals surface area contributed by atoms with Crippen molar-refractivity contribution in [2.24, 2.45) is 0 Å². The van der Waals surface area contributed by atoms with Crippen LogP contribution >= 0.6 is 12.4 Å². The Morgan fingerprint density at radius 2 is 1.27 bits per heavy atom. The Hall–Kier alpha value is -2.53. The van der Waals surface area contributed by atoms with E-state index in [0.29, 0.717) is 11.5 Å². The maximum absolute atomic E-state index is 11.1. The molecule has 2 N–H and O–H groups in total. The van der Waals surface area contributed by atoms with E-state index in [1.54, 1.807) is 0 Å². The van der Waals surface area contributed by atoms with E-state index >= 15 is 0 Å². The van der Waals surface area contributed by atoms with E-state index in [0.717, 1.165) is 29.0 Å². The van der Waals surface area contributed by atoms with Gasteiger partial charge in [0.25, 0.3) is 0 Å². The molecule has 33 heavy (non-hydrogen) atoms. The van der Waals surface area contributed by atoms with E-state index in [4.69, 9.17) is 9.47 Å². The van der Waals surface area contributed by atoms with Crippen LogP contribution < -0.4 is 14.8 Å². The van der Waals surface area contributed by atoms with E-state index in [1.807, 2.05) is 80.6 Å². The lowest BCUT2D eigenvalue weighted by Crippen LogP contribution is -2.46. The zero-order valence-electron chi connectivity index (χ0n) is 20.4. The van der Waals surface area contributed by atoms with Crippen molar-refractivity contribution in [3.05, 3.63) is 83.4 Å². The lowest BCUT2D eigenvalue weighted by Gasteiger charge is -2.31. The molecular formula is C28H36ClNO3. The number of aliphatic hydroxyl groups excluding tert-OH is 1. The van der Waals surface area contributed by atoms with Crippen LogP contribution in [0.3, 0.4) is 0 Å². The van der Waals surface area contributed by atoms with Crippen molar-refractivity contribution in [3.8, 4) is 23.0 Å². The Labute approximate surface area is 204 Å². The third kappa shape index (κ3) is 7.78. The normalized spacial score (nSPS) is 13.1. The summed E-state index contributed by atoms with van der Waals surface area (Å²) in [7, 11) is 0. The Morgan fingerprint density at radius 1 is 0.788 bits per heavy atom. The standard InChI is InChI=1S/C28H35NO3.ClH/c1-7-24(29-28(4,5)6)27(30)21-12-17-25(31-22-13-8-19(2)9-14-22)26(18-21)32-23-15-10-20(3)11-16-23;/h8-18,24,27,29-30H,7H2,1-6H3;1H. The van der Waals surface area contributed by atoms with Gasteiger partial charge >= 0.3 is 0 Å². The van der Waals surface area contributed by atoms with Gasteiger partial charge in [0, 0.05) is 11.6 Å². The molecule has 5 heteroatoms. The van der Waals surface area contributed by atoms with E-state index in [-0.39, 0.29) is 24.0 Å². The van der Waals surface area contributed by atoms with Gasteiger partial charge in [-0.2, -0.15) is 0 Å². The van der Waals surface area contributed by atoms with Gasteiger partial charge in [-0.05, 0) is 83.0 Å². The van der Waals surface area contributed by atoms with Gasteiger partial charge in [-0.25, -0.2) is 0 Å². The number of aryl methyl sites for hydroxylation is 2. The van der Waals surface area contributed by atoms with E-state index in [2.05, 4.69) is 33.0 Å². The Kier molecular flexibility index (Phi) is 9.35. The summed E-state index contributed by atoms with van der Waals surface area (Å²) in [4.78, 5) is 0. The molecule has 0 heterocycles. The van der Waals surface area contributed by atoms with Crippen LogP contribution in [0, 0.1) is 13.8 Å². The summed E-state index contributed by atoms with van der Waals surface area (Å²) in [5.74, 6) is 2.62. The molecule has 3 rings (SSSR count). The molecule has 2 atom stereocenters. The quantitative estimate of drug-likeness (QED) is 0.358. The summed E-state index contributed by atoms with van der Waals surface area (Å²) < 4.78 is 12.3. The SMILES string of the molecule is CCC(NC(C)(C)C)C(O)c1ccc(Oc2ccc(C)cc2)c(Oc2ccc(C)cc2)c1.Cl. The van der Waals surface area contributed by atoms with Crippen LogP contribution in [-0.2, 0) is 0 Å². The minimum atomic E-state index is -0.673. The number of halogens is 1. The first-order valence-electron chi connectivity index (χ1n) is 11.2. The molecular weight excluding hydrogens is 434 g/mol. The third-order valence-electron chi connectivity index (χ3n) is 5.25. The molecule has 178 valence electrons. The molecule has 0 aliphatic carbocycles. The van der Waals surface area contributed by atoms with E-state index in [9.17, 15) is 5.11 Å². The van der Waals surface area contributed by atoms with Crippen molar-refractivity contribution in [2.45, 2.75) is 65.6 Å². The van der Waals surface area contributed by atoms with Crippen molar-refractivity contribution in [1.29, 1.82) is 0 Å². The maximum Gasteiger partial charge on any atom is 0.170 e. The van der Waals surface area contributed by atoms with Gasteiger partial charge in [0.1, 0.15) is 11.5 Å². The lowest BCUT2D eigenvalue weighted by atomic mass is 9.96. The van der Waals surface area contributed by atoms with Crippen molar-refractivity contribution < 1.29 is 14.6 Å². The molecule has 0 spiro atoms. The van der Waals surface area contributed by atoms with E-state index in [1.165, 1.54) is 5.56 Å². The number of benzene rings is 3. The highest BCUT2D eigenvalue weighted by Crippen LogP contribution is 2.38. The van der Waals surface area contributed by atoms with Gasteiger partial charge in [-0.3, -0.25) is 0 Å². The highest BCUT2D eigenvalue weighted by Gasteiger charge is 2.25. The predicted octanol–water partition coefficient (Wildman–Crippen LogP) is 7.51. The molecule has 0 amide bonds. The van der Waals surface area contributed by atoms with Gasteiger partial charge in [0.2, 0.25) is 0 Å². The van der Waals surface area contributed by atoms with Gasteiger partial charge in [0.15, 0.2) is 11.5 Å². The minimum absolute atomic E-state index is 0. The van der Waals surface area contributed by atoms with Crippen molar-refractivity contribution in [1.82, 2.24) is 5.32 Å². The number of hydrogen-bond acceptors (Lipinski definition) is 4. The van der Waals surface area contributed by atoms with E-state index < -0.39 is 6.10 Å². The molecule has 0 aliphatic rings. The molecule has 3 aromatic rings. The average molecular weight is 470 g/mol. The summed E-state index contributed by atoms with van der Waals surface area (Å²) in [5, 5.41) is 14.6. The van der Waals surface area contributed by atoms with Crippen LogP contribution in [0.25, 0.3) is 0 Å². The smallest absolute Gasteiger partial charge is 0.170 e. The summed E-state index contributed by atoms with van der Waals surface area (Å²) in [6.45, 7) is 12.5. The van der Waals surface area contributed by atoms with Crippen LogP contribution in [0.2, 0.25) is 0 Å². The summed E-state index contributed by atoms with van der Waals surface area (Å²) in [5.41, 5.74) is 3.02.